The number of aromatic carboxylic acids is 1. The van der Waals surface area contributed by atoms with Gasteiger partial charge in [-0.3, -0.25) is 0 Å². The second-order valence-corrected chi connectivity index (χ2v) is 4.07. The van der Waals surface area contributed by atoms with E-state index in [4.69, 9.17) is 15.6 Å². The first-order chi connectivity index (χ1) is 8.97. The lowest BCUT2D eigenvalue weighted by Gasteiger charge is -2.10. The van der Waals surface area contributed by atoms with E-state index >= 15 is 0 Å². The third kappa shape index (κ3) is 2.82. The molecule has 19 heavy (non-hydrogen) atoms. The number of benzene rings is 2. The predicted octanol–water partition coefficient (Wildman–Crippen LogP) is 3.21. The van der Waals surface area contributed by atoms with Crippen LogP contribution in [0.5, 0.6) is 11.5 Å². The zero-order valence-electron chi connectivity index (χ0n) is 10.2. The van der Waals surface area contributed by atoms with Gasteiger partial charge in [0.1, 0.15) is 22.9 Å². The molecule has 2 aromatic carbocycles. The van der Waals surface area contributed by atoms with E-state index in [1.807, 2.05) is 0 Å². The summed E-state index contributed by atoms with van der Waals surface area (Å²) in [5.74, 6) is -1.26. The number of ether oxygens (including phenoxy) is 1. The molecule has 0 unspecified atom stereocenters. The second kappa shape index (κ2) is 4.97. The number of nitrogens with two attached hydrogens (primary N) is 1. The average molecular weight is 261 g/mol. The number of rotatable bonds is 3. The molecule has 0 fully saturated rings. The van der Waals surface area contributed by atoms with E-state index in [9.17, 15) is 9.18 Å². The Hall–Kier alpha value is -2.56. The standard InChI is InChI=1S/C14H12FNO3/c1-8-2-4-10(7-12(8)15)19-13-6-9(16)3-5-11(13)14(17)18/h2-7H,16H2,1H3,(H,17,18). The van der Waals surface area contributed by atoms with Gasteiger partial charge in [0.15, 0.2) is 0 Å². The third-order valence-electron chi connectivity index (χ3n) is 2.61. The Bertz CT molecular complexity index is 641. The van der Waals surface area contributed by atoms with Gasteiger partial charge in [-0.2, -0.15) is 0 Å². The Balaban J connectivity index is 2.39. The Morgan fingerprint density at radius 1 is 1.26 bits per heavy atom. The van der Waals surface area contributed by atoms with Gasteiger partial charge in [-0.05, 0) is 30.7 Å². The van der Waals surface area contributed by atoms with Gasteiger partial charge in [-0.25, -0.2) is 9.18 Å². The lowest BCUT2D eigenvalue weighted by molar-refractivity contribution is 0.0694. The number of aryl methyl sites for hydroxylation is 1. The summed E-state index contributed by atoms with van der Waals surface area (Å²) in [5.41, 5.74) is 6.41. The zero-order valence-corrected chi connectivity index (χ0v) is 10.2. The largest absolute Gasteiger partial charge is 0.478 e. The van der Waals surface area contributed by atoms with Crippen molar-refractivity contribution < 1.29 is 19.0 Å². The van der Waals surface area contributed by atoms with Gasteiger partial charge >= 0.3 is 5.97 Å². The summed E-state index contributed by atoms with van der Waals surface area (Å²) in [6, 6.07) is 8.51. The number of carboxylic acid groups (broad SMARTS) is 1. The van der Waals surface area contributed by atoms with Crippen LogP contribution in [0.1, 0.15) is 15.9 Å². The highest BCUT2D eigenvalue weighted by Gasteiger charge is 2.13. The Labute approximate surface area is 109 Å². The molecule has 0 saturated carbocycles. The highest BCUT2D eigenvalue weighted by atomic mass is 19.1. The molecule has 0 bridgehead atoms. The minimum absolute atomic E-state index is 0.0322. The highest BCUT2D eigenvalue weighted by Crippen LogP contribution is 2.28. The summed E-state index contributed by atoms with van der Waals surface area (Å²) in [4.78, 5) is 11.0. The van der Waals surface area contributed by atoms with Crippen molar-refractivity contribution in [3.8, 4) is 11.5 Å². The van der Waals surface area contributed by atoms with Crippen molar-refractivity contribution in [2.75, 3.05) is 5.73 Å². The molecule has 0 heterocycles. The summed E-state index contributed by atoms with van der Waals surface area (Å²) < 4.78 is 18.8. The molecule has 0 atom stereocenters. The first-order valence-corrected chi connectivity index (χ1v) is 5.54. The van der Waals surface area contributed by atoms with Crippen molar-refractivity contribution in [3.05, 3.63) is 53.3 Å². The molecule has 2 aromatic rings. The fraction of sp³-hybridized carbons (Fsp3) is 0.0714. The molecule has 0 aliphatic carbocycles. The molecule has 0 aliphatic heterocycles. The molecule has 3 N–H and O–H groups in total. The van der Waals surface area contributed by atoms with Crippen LogP contribution in [0.4, 0.5) is 10.1 Å². The average Bonchev–Trinajstić information content (AvgIpc) is 2.33. The van der Waals surface area contributed by atoms with E-state index in [2.05, 4.69) is 0 Å². The molecule has 0 aliphatic rings. The van der Waals surface area contributed by atoms with Gasteiger partial charge in [0.05, 0.1) is 0 Å². The summed E-state index contributed by atoms with van der Waals surface area (Å²) in [6.07, 6.45) is 0. The topological polar surface area (TPSA) is 72.5 Å². The molecule has 98 valence electrons. The van der Waals surface area contributed by atoms with Crippen LogP contribution in [-0.4, -0.2) is 11.1 Å². The van der Waals surface area contributed by atoms with Gasteiger partial charge in [-0.15, -0.1) is 0 Å². The molecule has 0 aromatic heterocycles. The van der Waals surface area contributed by atoms with E-state index in [0.29, 0.717) is 11.3 Å². The Morgan fingerprint density at radius 2 is 2.00 bits per heavy atom. The van der Waals surface area contributed by atoms with Gasteiger partial charge in [0, 0.05) is 17.8 Å². The van der Waals surface area contributed by atoms with Crippen LogP contribution in [0.2, 0.25) is 0 Å². The van der Waals surface area contributed by atoms with Crippen molar-refractivity contribution in [3.63, 3.8) is 0 Å². The van der Waals surface area contributed by atoms with E-state index in [1.165, 1.54) is 24.3 Å². The maximum atomic E-state index is 13.4. The predicted molar refractivity (Wildman–Crippen MR) is 69.0 cm³/mol. The van der Waals surface area contributed by atoms with Crippen LogP contribution < -0.4 is 10.5 Å². The van der Waals surface area contributed by atoms with Crippen LogP contribution in [-0.2, 0) is 0 Å². The summed E-state index contributed by atoms with van der Waals surface area (Å²) in [5, 5.41) is 9.04. The summed E-state index contributed by atoms with van der Waals surface area (Å²) in [7, 11) is 0. The molecule has 0 amide bonds. The van der Waals surface area contributed by atoms with Crippen LogP contribution in [0.3, 0.4) is 0 Å². The monoisotopic (exact) mass is 261 g/mol. The highest BCUT2D eigenvalue weighted by molar-refractivity contribution is 5.91. The summed E-state index contributed by atoms with van der Waals surface area (Å²) in [6.45, 7) is 1.63. The van der Waals surface area contributed by atoms with Crippen molar-refractivity contribution in [1.29, 1.82) is 0 Å². The third-order valence-corrected chi connectivity index (χ3v) is 2.61. The van der Waals surface area contributed by atoms with Gasteiger partial charge in [0.2, 0.25) is 0 Å². The molecule has 0 spiro atoms. The molecule has 0 radical (unpaired) electrons. The summed E-state index contributed by atoms with van der Waals surface area (Å²) >= 11 is 0. The lowest BCUT2D eigenvalue weighted by Crippen LogP contribution is -2.01. The van der Waals surface area contributed by atoms with Gasteiger partial charge in [-0.1, -0.05) is 6.07 Å². The lowest BCUT2D eigenvalue weighted by atomic mass is 10.2. The number of anilines is 1. The van der Waals surface area contributed by atoms with Crippen LogP contribution in [0.15, 0.2) is 36.4 Å². The van der Waals surface area contributed by atoms with Gasteiger partial charge in [0.25, 0.3) is 0 Å². The van der Waals surface area contributed by atoms with Crippen molar-refractivity contribution in [1.82, 2.24) is 0 Å². The van der Waals surface area contributed by atoms with Crippen molar-refractivity contribution in [2.24, 2.45) is 0 Å². The molecule has 4 nitrogen and oxygen atoms in total. The first kappa shape index (κ1) is 12.9. The normalized spacial score (nSPS) is 10.2. The molecule has 0 saturated heterocycles. The number of carbonyl (C=O) groups is 1. The number of hydrogen-bond donors (Lipinski definition) is 2. The Morgan fingerprint density at radius 3 is 2.63 bits per heavy atom. The maximum absolute atomic E-state index is 13.4. The molecular formula is C14H12FNO3. The van der Waals surface area contributed by atoms with Crippen LogP contribution in [0.25, 0.3) is 0 Å². The molecule has 2 rings (SSSR count). The number of nitrogen functional groups attached to an aromatic ring is 1. The minimum Gasteiger partial charge on any atom is -0.478 e. The zero-order chi connectivity index (χ0) is 14.0. The minimum atomic E-state index is -1.14. The molecule has 5 heteroatoms. The SMILES string of the molecule is Cc1ccc(Oc2cc(N)ccc2C(=O)O)cc1F. The number of halogens is 1. The fourth-order valence-corrected chi connectivity index (χ4v) is 1.56. The fourth-order valence-electron chi connectivity index (χ4n) is 1.56. The van der Waals surface area contributed by atoms with Gasteiger partial charge < -0.3 is 15.6 Å². The van der Waals surface area contributed by atoms with Crippen molar-refractivity contribution in [2.45, 2.75) is 6.92 Å². The Kier molecular flexibility index (Phi) is 3.37. The van der Waals surface area contributed by atoms with E-state index in [0.717, 1.165) is 0 Å². The van der Waals surface area contributed by atoms with Crippen LogP contribution >= 0.6 is 0 Å². The van der Waals surface area contributed by atoms with E-state index in [-0.39, 0.29) is 17.1 Å². The quantitative estimate of drug-likeness (QED) is 0.832. The van der Waals surface area contributed by atoms with Crippen molar-refractivity contribution >= 4 is 11.7 Å². The molecular weight excluding hydrogens is 249 g/mol. The number of carboxylic acids is 1. The number of hydrogen-bond acceptors (Lipinski definition) is 3. The van der Waals surface area contributed by atoms with E-state index in [1.54, 1.807) is 19.1 Å². The van der Waals surface area contributed by atoms with E-state index < -0.39 is 11.8 Å². The first-order valence-electron chi connectivity index (χ1n) is 5.54. The second-order valence-electron chi connectivity index (χ2n) is 4.07. The smallest absolute Gasteiger partial charge is 0.339 e. The maximum Gasteiger partial charge on any atom is 0.339 e. The van der Waals surface area contributed by atoms with Crippen LogP contribution in [0, 0.1) is 12.7 Å².